The number of hydrogen-bond acceptors (Lipinski definition) is 16. The molecule has 0 saturated carbocycles. The average Bonchev–Trinajstić information content (AvgIpc) is 3.38. The number of amides is 6. The lowest BCUT2D eigenvalue weighted by atomic mass is 9.92. The lowest BCUT2D eigenvalue weighted by Gasteiger charge is -2.31. The maximum absolute atomic E-state index is 15.0. The zero-order chi connectivity index (χ0) is 55.7. The predicted octanol–water partition coefficient (Wildman–Crippen LogP) is 3.57. The number of phenols is 4. The van der Waals surface area contributed by atoms with Gasteiger partial charge in [-0.05, 0) is 102 Å². The molecular weight excluding hydrogens is 1060 g/mol. The fraction of sp³-hybridized carbons (Fsp3) is 0.288. The van der Waals surface area contributed by atoms with Gasteiger partial charge in [0.2, 0.25) is 41.2 Å². The largest absolute Gasteiger partial charge is 0.508 e. The van der Waals surface area contributed by atoms with E-state index in [9.17, 15) is 59.4 Å². The van der Waals surface area contributed by atoms with E-state index < -0.39 is 136 Å². The van der Waals surface area contributed by atoms with Crippen LogP contribution in [0.4, 0.5) is 0 Å². The summed E-state index contributed by atoms with van der Waals surface area (Å²) in [6, 6.07) is 6.28. The number of thiocarbonyl (C=S) groups is 1. The van der Waals surface area contributed by atoms with Crippen LogP contribution in [0.25, 0.3) is 11.1 Å². The molecule has 0 radical (unpaired) electrons. The summed E-state index contributed by atoms with van der Waals surface area (Å²) in [5.41, 5.74) is 5.49. The van der Waals surface area contributed by atoms with E-state index in [0.717, 1.165) is 6.07 Å². The molecule has 25 heteroatoms. The lowest BCUT2D eigenvalue weighted by Crippen LogP contribution is -2.59. The normalized spacial score (nSPS) is 21.9. The van der Waals surface area contributed by atoms with Crippen molar-refractivity contribution < 1.29 is 68.9 Å². The number of aromatic hydroxyl groups is 4. The van der Waals surface area contributed by atoms with Crippen LogP contribution in [-0.2, 0) is 35.3 Å². The number of primary amides is 1. The fourth-order valence-electron chi connectivity index (χ4n) is 9.09. The Hall–Kier alpha value is -7.93. The summed E-state index contributed by atoms with van der Waals surface area (Å²) < 4.78 is 12.4. The van der Waals surface area contributed by atoms with Gasteiger partial charge < -0.3 is 83.1 Å². The van der Waals surface area contributed by atoms with Crippen molar-refractivity contribution in [2.24, 2.45) is 11.7 Å². The Kier molecular flexibility index (Phi) is 16.3. The number of phenolic OH excluding ortho intramolecular Hbond substituents is 4. The molecule has 6 amide bonds. The first-order valence-corrected chi connectivity index (χ1v) is 25.0. The molecule has 22 nitrogen and oxygen atoms in total. The Morgan fingerprint density at radius 1 is 0.714 bits per heavy atom. The quantitative estimate of drug-likeness (QED) is 0.104. The van der Waals surface area contributed by atoms with E-state index in [1.165, 1.54) is 79.8 Å². The van der Waals surface area contributed by atoms with Crippen LogP contribution in [-0.4, -0.2) is 102 Å². The van der Waals surface area contributed by atoms with Gasteiger partial charge in [0.05, 0.1) is 22.5 Å². The first-order chi connectivity index (χ1) is 36.5. The van der Waals surface area contributed by atoms with Crippen molar-refractivity contribution in [3.05, 3.63) is 117 Å². The Bertz CT molecular complexity index is 3240. The van der Waals surface area contributed by atoms with Crippen molar-refractivity contribution in [3.63, 3.8) is 0 Å². The second-order valence-electron chi connectivity index (χ2n) is 18.9. The van der Waals surface area contributed by atoms with E-state index in [4.69, 9.17) is 50.6 Å². The van der Waals surface area contributed by atoms with Crippen LogP contribution in [0.15, 0.2) is 78.9 Å². The van der Waals surface area contributed by atoms with Crippen molar-refractivity contribution in [1.82, 2.24) is 37.2 Å². The molecule has 0 aromatic heterocycles. The molecule has 5 aliphatic heterocycles. The van der Waals surface area contributed by atoms with E-state index in [2.05, 4.69) is 37.2 Å². The zero-order valence-electron chi connectivity index (χ0n) is 41.0. The van der Waals surface area contributed by atoms with Crippen LogP contribution >= 0.6 is 35.4 Å². The molecule has 8 atom stereocenters. The van der Waals surface area contributed by atoms with Crippen molar-refractivity contribution in [2.45, 2.75) is 81.7 Å². The van der Waals surface area contributed by atoms with Gasteiger partial charge in [-0.25, -0.2) is 0 Å². The number of nitrogens with one attached hydrogen (secondary N) is 7. The Labute approximate surface area is 454 Å². The average molecular weight is 1120 g/mol. The first kappa shape index (κ1) is 55.3. The molecular formula is C52H52Cl2N8O14S. The number of ether oxygens (including phenoxy) is 2. The second-order valence-corrected chi connectivity index (χ2v) is 20.1. The standard InChI is InChI=1S/C52H52Cl2N8O14S/c1-20(2)10-30(56-3)47(70)60-43-45(68)23-6-9-35(29(54)14-23)76-37-16-24-15-36(46(37)69)75-34-8-5-22(13-28(34)53)44(67)42-49(72)57-19-25-11-26(63)17-33(65)39(25)27-12-21(4-7-32(27)64)40(50(73)61-42)62-52(77)41(24)59-48(71)31(18-38(55)66)58-51(43)74/h4-9,11-17,20,30-31,40-45,56,63-65,67-69H,10,18-19H2,1-3H3,(H2,55,66)(H,57,72)(H,58,74)(H,59,71)(H,60,70)(H,61,73)(H,62,77)/t30-,31+,40?,41-,42+,43-,44-,45-/m1/s1. The van der Waals surface area contributed by atoms with Gasteiger partial charge in [0.1, 0.15) is 76.2 Å². The number of carbonyl (C=O) groups excluding carboxylic acids is 6. The number of nitrogens with two attached hydrogens (primary N) is 1. The van der Waals surface area contributed by atoms with Crippen LogP contribution in [0.2, 0.25) is 10.0 Å². The molecule has 404 valence electrons. The third kappa shape index (κ3) is 11.9. The molecule has 11 bridgehead atoms. The first-order valence-electron chi connectivity index (χ1n) is 23.8. The third-order valence-corrected chi connectivity index (χ3v) is 13.9. The Morgan fingerprint density at radius 3 is 1.94 bits per heavy atom. The van der Waals surface area contributed by atoms with Gasteiger partial charge in [0.25, 0.3) is 0 Å². The van der Waals surface area contributed by atoms with Crippen molar-refractivity contribution in [2.75, 3.05) is 7.05 Å². The van der Waals surface area contributed by atoms with Crippen LogP contribution in [0.5, 0.6) is 46.0 Å². The molecule has 10 rings (SSSR count). The summed E-state index contributed by atoms with van der Waals surface area (Å²) in [6.07, 6.45) is -4.29. The van der Waals surface area contributed by atoms with Crippen molar-refractivity contribution in [1.29, 1.82) is 0 Å². The number of rotatable bonds is 7. The number of hydrogen-bond donors (Lipinski definition) is 14. The zero-order valence-corrected chi connectivity index (χ0v) is 43.3. The number of carbonyl (C=O) groups is 6. The van der Waals surface area contributed by atoms with Gasteiger partial charge in [0.15, 0.2) is 11.5 Å². The highest BCUT2D eigenvalue weighted by Crippen LogP contribution is 2.47. The summed E-state index contributed by atoms with van der Waals surface area (Å²) in [7, 11) is 1.53. The van der Waals surface area contributed by atoms with Crippen molar-refractivity contribution >= 4 is 75.9 Å². The minimum Gasteiger partial charge on any atom is -0.508 e. The molecule has 0 fully saturated rings. The smallest absolute Gasteiger partial charge is 0.247 e. The maximum Gasteiger partial charge on any atom is 0.247 e. The molecule has 77 heavy (non-hydrogen) atoms. The summed E-state index contributed by atoms with van der Waals surface area (Å²) in [5, 5.41) is 87.1. The fourth-order valence-corrected chi connectivity index (χ4v) is 9.86. The number of benzene rings is 5. The maximum atomic E-state index is 15.0. The topological polar surface area (TPSA) is 352 Å². The molecule has 5 aromatic carbocycles. The van der Waals surface area contributed by atoms with Gasteiger partial charge >= 0.3 is 0 Å². The highest BCUT2D eigenvalue weighted by molar-refractivity contribution is 7.80. The van der Waals surface area contributed by atoms with Gasteiger partial charge in [-0.1, -0.05) is 67.5 Å². The van der Waals surface area contributed by atoms with E-state index in [0.29, 0.717) is 6.42 Å². The summed E-state index contributed by atoms with van der Waals surface area (Å²) in [4.78, 5) is 84.6. The lowest BCUT2D eigenvalue weighted by molar-refractivity contribution is -0.136. The van der Waals surface area contributed by atoms with E-state index in [-0.39, 0.29) is 66.4 Å². The van der Waals surface area contributed by atoms with Gasteiger partial charge in [-0.2, -0.15) is 0 Å². The van der Waals surface area contributed by atoms with E-state index in [1.807, 2.05) is 13.8 Å². The molecule has 5 heterocycles. The Morgan fingerprint density at radius 2 is 1.34 bits per heavy atom. The molecule has 0 spiro atoms. The van der Waals surface area contributed by atoms with Crippen LogP contribution in [0.1, 0.15) is 78.8 Å². The molecule has 0 saturated heterocycles. The monoisotopic (exact) mass is 1110 g/mol. The summed E-state index contributed by atoms with van der Waals surface area (Å²) in [6.45, 7) is 3.33. The molecule has 1 unspecified atom stereocenters. The number of halogens is 2. The highest BCUT2D eigenvalue weighted by Gasteiger charge is 2.39. The van der Waals surface area contributed by atoms with Gasteiger partial charge in [-0.3, -0.25) is 28.8 Å². The van der Waals surface area contributed by atoms with Gasteiger partial charge in [-0.15, -0.1) is 0 Å². The molecule has 5 aromatic rings. The number of aliphatic hydroxyl groups is 2. The van der Waals surface area contributed by atoms with Gasteiger partial charge in [0, 0.05) is 23.7 Å². The van der Waals surface area contributed by atoms with Crippen molar-refractivity contribution in [3.8, 4) is 57.1 Å². The summed E-state index contributed by atoms with van der Waals surface area (Å²) in [5.74, 6) is -9.24. The molecule has 15 N–H and O–H groups in total. The number of likely N-dealkylation sites (N-methyl/N-ethyl adjacent to an activating group) is 1. The molecule has 0 aliphatic carbocycles. The number of fused-ring (bicyclic) bond motifs is 15. The minimum atomic E-state index is -1.89. The SMILES string of the molecule is CN[C@H](CC(C)C)C(=O)N[C@H]1C(=O)N[C@@H](CC(N)=O)C(=O)N[C@H]2C(=S)NC3C(=O)N[C@H](C(=O)NCc4cc(O)cc(O)c4-c4cc3ccc4O)[C@H](O)c3ccc(c(Cl)c3)Oc3cc2cc(c3O)Oc2ccc(cc2Cl)[C@H]1O. The van der Waals surface area contributed by atoms with Crippen LogP contribution in [0.3, 0.4) is 0 Å². The van der Waals surface area contributed by atoms with E-state index in [1.54, 1.807) is 0 Å². The second kappa shape index (κ2) is 22.7. The third-order valence-electron chi connectivity index (χ3n) is 13.0. The minimum absolute atomic E-state index is 0.00185. The number of aliphatic hydroxyl groups excluding tert-OH is 2. The molecule has 5 aliphatic rings. The summed E-state index contributed by atoms with van der Waals surface area (Å²) >= 11 is 19.6. The van der Waals surface area contributed by atoms with Crippen LogP contribution in [0, 0.1) is 5.92 Å². The van der Waals surface area contributed by atoms with E-state index >= 15 is 0 Å². The Balaban J connectivity index is 1.34. The predicted molar refractivity (Wildman–Crippen MR) is 281 cm³/mol. The van der Waals surface area contributed by atoms with Crippen LogP contribution < -0.4 is 52.4 Å². The highest BCUT2D eigenvalue weighted by atomic mass is 35.5.